The van der Waals surface area contributed by atoms with Crippen molar-refractivity contribution in [1.29, 1.82) is 0 Å². The summed E-state index contributed by atoms with van der Waals surface area (Å²) in [5.41, 5.74) is 0.812. The lowest BCUT2D eigenvalue weighted by molar-refractivity contribution is -0.132. The Morgan fingerprint density at radius 1 is 1.06 bits per heavy atom. The molecular formula is C26H38N4O6. The largest absolute Gasteiger partial charge is 0.445 e. The number of benzene rings is 1. The lowest BCUT2D eigenvalue weighted by atomic mass is 9.97. The summed E-state index contributed by atoms with van der Waals surface area (Å²) in [5.74, 6) is -1.72. The summed E-state index contributed by atoms with van der Waals surface area (Å²) in [6.45, 7) is 7.97. The Morgan fingerprint density at radius 2 is 1.75 bits per heavy atom. The normalized spacial score (nSPS) is 17.6. The summed E-state index contributed by atoms with van der Waals surface area (Å²) in [7, 11) is 0. The molecule has 0 aliphatic carbocycles. The summed E-state index contributed by atoms with van der Waals surface area (Å²) in [6, 6.07) is 6.47. The molecule has 10 heteroatoms. The van der Waals surface area contributed by atoms with Crippen molar-refractivity contribution in [3.63, 3.8) is 0 Å². The monoisotopic (exact) mass is 502 g/mol. The fraction of sp³-hybridized carbons (Fsp3) is 0.577. The Hall–Kier alpha value is -3.43. The summed E-state index contributed by atoms with van der Waals surface area (Å²) in [4.78, 5) is 61.9. The molecule has 0 radical (unpaired) electrons. The minimum absolute atomic E-state index is 0.0591. The van der Waals surface area contributed by atoms with Gasteiger partial charge in [0.05, 0.1) is 6.04 Å². The van der Waals surface area contributed by atoms with E-state index in [2.05, 4.69) is 21.3 Å². The first kappa shape index (κ1) is 28.8. The van der Waals surface area contributed by atoms with Gasteiger partial charge in [0.1, 0.15) is 25.0 Å². The average molecular weight is 503 g/mol. The second-order valence-electron chi connectivity index (χ2n) is 9.88. The predicted molar refractivity (Wildman–Crippen MR) is 134 cm³/mol. The maximum absolute atomic E-state index is 13.1. The summed E-state index contributed by atoms with van der Waals surface area (Å²) < 4.78 is 5.23. The van der Waals surface area contributed by atoms with Crippen molar-refractivity contribution in [3.05, 3.63) is 35.9 Å². The average Bonchev–Trinajstić information content (AvgIpc) is 3.24. The molecule has 0 bridgehead atoms. The van der Waals surface area contributed by atoms with Crippen LogP contribution in [0.4, 0.5) is 4.79 Å². The van der Waals surface area contributed by atoms with E-state index >= 15 is 0 Å². The number of alkyl carbamates (subject to hydrolysis) is 1. The number of nitrogens with one attached hydrogen (secondary N) is 4. The molecule has 1 aromatic carbocycles. The minimum Gasteiger partial charge on any atom is -0.445 e. The Kier molecular flexibility index (Phi) is 11.4. The highest BCUT2D eigenvalue weighted by Gasteiger charge is 2.32. The summed E-state index contributed by atoms with van der Waals surface area (Å²) >= 11 is 0. The van der Waals surface area contributed by atoms with E-state index in [0.717, 1.165) is 5.56 Å². The molecular weight excluding hydrogens is 464 g/mol. The number of carbonyl (C=O) groups is 5. The Labute approximate surface area is 212 Å². The quantitative estimate of drug-likeness (QED) is 0.302. The van der Waals surface area contributed by atoms with Crippen LogP contribution in [0.2, 0.25) is 0 Å². The van der Waals surface area contributed by atoms with Crippen molar-refractivity contribution in [3.8, 4) is 0 Å². The zero-order valence-corrected chi connectivity index (χ0v) is 21.4. The van der Waals surface area contributed by atoms with Crippen molar-refractivity contribution >= 4 is 30.1 Å². The Bertz CT molecular complexity index is 905. The van der Waals surface area contributed by atoms with E-state index in [1.807, 2.05) is 44.2 Å². The third kappa shape index (κ3) is 9.31. The number of hydrogen-bond acceptors (Lipinski definition) is 6. The zero-order chi connectivity index (χ0) is 26.7. The standard InChI is InChI=1S/C26H38N4O6/c1-16(2)12-21(24(33)28-20(14-31)13-19-10-11-27-23(19)32)29-25(34)22(17(3)4)30-26(35)36-15-18-8-6-5-7-9-18/h5-9,14,16-17,19-22H,10-13,15H2,1-4H3,(H,27,32)(H,28,33)(H,29,34)(H,30,35)/t19-,20-,21-,22-/m0/s1. The van der Waals surface area contributed by atoms with Crippen LogP contribution in [0.3, 0.4) is 0 Å². The van der Waals surface area contributed by atoms with Crippen LogP contribution >= 0.6 is 0 Å². The van der Waals surface area contributed by atoms with Gasteiger partial charge in [0, 0.05) is 12.5 Å². The minimum atomic E-state index is -0.931. The molecule has 4 atom stereocenters. The third-order valence-electron chi connectivity index (χ3n) is 5.97. The summed E-state index contributed by atoms with van der Waals surface area (Å²) in [5, 5.41) is 10.7. The van der Waals surface area contributed by atoms with Crippen molar-refractivity contribution < 1.29 is 28.7 Å². The molecule has 1 saturated heterocycles. The fourth-order valence-corrected chi connectivity index (χ4v) is 4.00. The number of rotatable bonds is 13. The number of hydrogen-bond donors (Lipinski definition) is 4. The SMILES string of the molecule is CC(C)C[C@H](NC(=O)[C@@H](NC(=O)OCc1ccccc1)C(C)C)C(=O)N[C@H](C=O)C[C@@H]1CCNC1=O. The van der Waals surface area contributed by atoms with Crippen molar-refractivity contribution in [1.82, 2.24) is 21.3 Å². The van der Waals surface area contributed by atoms with Gasteiger partial charge in [0.2, 0.25) is 17.7 Å². The lowest BCUT2D eigenvalue weighted by Gasteiger charge is -2.27. The molecule has 1 aromatic rings. The highest BCUT2D eigenvalue weighted by molar-refractivity contribution is 5.92. The first-order valence-corrected chi connectivity index (χ1v) is 12.4. The highest BCUT2D eigenvalue weighted by Crippen LogP contribution is 2.16. The van der Waals surface area contributed by atoms with Crippen LogP contribution in [-0.2, 0) is 30.5 Å². The second-order valence-corrected chi connectivity index (χ2v) is 9.88. The molecule has 10 nitrogen and oxygen atoms in total. The van der Waals surface area contributed by atoms with Crippen LogP contribution in [0.1, 0.15) is 52.5 Å². The Morgan fingerprint density at radius 3 is 2.31 bits per heavy atom. The van der Waals surface area contributed by atoms with Gasteiger partial charge in [-0.2, -0.15) is 0 Å². The van der Waals surface area contributed by atoms with Crippen LogP contribution in [0.25, 0.3) is 0 Å². The van der Waals surface area contributed by atoms with E-state index in [0.29, 0.717) is 25.7 Å². The van der Waals surface area contributed by atoms with Crippen LogP contribution < -0.4 is 21.3 Å². The molecule has 0 saturated carbocycles. The van der Waals surface area contributed by atoms with E-state index in [-0.39, 0.29) is 36.7 Å². The van der Waals surface area contributed by atoms with E-state index < -0.39 is 36.0 Å². The molecule has 1 heterocycles. The number of aldehydes is 1. The molecule has 2 rings (SSSR count). The molecule has 0 unspecified atom stereocenters. The van der Waals surface area contributed by atoms with E-state index in [1.54, 1.807) is 13.8 Å². The fourth-order valence-electron chi connectivity index (χ4n) is 4.00. The van der Waals surface area contributed by atoms with Crippen LogP contribution in [0.5, 0.6) is 0 Å². The van der Waals surface area contributed by atoms with Gasteiger partial charge in [-0.25, -0.2) is 4.79 Å². The first-order valence-electron chi connectivity index (χ1n) is 12.4. The van der Waals surface area contributed by atoms with Gasteiger partial charge in [-0.05, 0) is 36.7 Å². The summed E-state index contributed by atoms with van der Waals surface area (Å²) in [6.07, 6.45) is 1.00. The smallest absolute Gasteiger partial charge is 0.408 e. The lowest BCUT2D eigenvalue weighted by Crippen LogP contribution is -2.56. The molecule has 198 valence electrons. The predicted octanol–water partition coefficient (Wildman–Crippen LogP) is 1.68. The van der Waals surface area contributed by atoms with Gasteiger partial charge in [0.15, 0.2) is 0 Å². The van der Waals surface area contributed by atoms with Gasteiger partial charge in [-0.1, -0.05) is 58.0 Å². The number of amides is 4. The van der Waals surface area contributed by atoms with Crippen molar-refractivity contribution in [2.24, 2.45) is 17.8 Å². The molecule has 36 heavy (non-hydrogen) atoms. The van der Waals surface area contributed by atoms with Crippen molar-refractivity contribution in [2.45, 2.75) is 71.7 Å². The number of ether oxygens (including phenoxy) is 1. The highest BCUT2D eigenvalue weighted by atomic mass is 16.5. The van der Waals surface area contributed by atoms with Crippen molar-refractivity contribution in [2.75, 3.05) is 6.54 Å². The first-order chi connectivity index (χ1) is 17.1. The second kappa shape index (κ2) is 14.2. The molecule has 4 N–H and O–H groups in total. The molecule has 1 fully saturated rings. The van der Waals surface area contributed by atoms with Gasteiger partial charge in [-0.15, -0.1) is 0 Å². The molecule has 1 aliphatic rings. The molecule has 0 spiro atoms. The zero-order valence-electron chi connectivity index (χ0n) is 21.4. The van der Waals surface area contributed by atoms with Crippen LogP contribution in [0.15, 0.2) is 30.3 Å². The third-order valence-corrected chi connectivity index (χ3v) is 5.97. The van der Waals surface area contributed by atoms with E-state index in [9.17, 15) is 24.0 Å². The van der Waals surface area contributed by atoms with Gasteiger partial charge in [0.25, 0.3) is 0 Å². The van der Waals surface area contributed by atoms with Gasteiger partial charge in [-0.3, -0.25) is 14.4 Å². The maximum atomic E-state index is 13.1. The number of carbonyl (C=O) groups excluding carboxylic acids is 5. The van der Waals surface area contributed by atoms with Crippen LogP contribution in [0, 0.1) is 17.8 Å². The Balaban J connectivity index is 1.99. The van der Waals surface area contributed by atoms with E-state index in [1.165, 1.54) is 0 Å². The molecule has 4 amide bonds. The molecule has 0 aromatic heterocycles. The van der Waals surface area contributed by atoms with Gasteiger partial charge < -0.3 is 30.8 Å². The maximum Gasteiger partial charge on any atom is 0.408 e. The topological polar surface area (TPSA) is 143 Å². The van der Waals surface area contributed by atoms with E-state index in [4.69, 9.17) is 4.74 Å². The van der Waals surface area contributed by atoms with Gasteiger partial charge >= 0.3 is 6.09 Å². The van der Waals surface area contributed by atoms with Crippen LogP contribution in [-0.4, -0.2) is 54.8 Å². The molecule has 1 aliphatic heterocycles.